The van der Waals surface area contributed by atoms with Crippen LogP contribution in [0.15, 0.2) is 48.7 Å². The largest absolute Gasteiger partial charge is 0.488 e. The molecule has 10 nitrogen and oxygen atoms in total. The van der Waals surface area contributed by atoms with Crippen LogP contribution in [0, 0.1) is 0 Å². The predicted octanol–water partition coefficient (Wildman–Crippen LogP) is 3.76. The highest BCUT2D eigenvalue weighted by Gasteiger charge is 2.27. The van der Waals surface area contributed by atoms with Gasteiger partial charge in [-0.2, -0.15) is 0 Å². The summed E-state index contributed by atoms with van der Waals surface area (Å²) >= 11 is 5.38. The van der Waals surface area contributed by atoms with Crippen LogP contribution in [0.2, 0.25) is 0 Å². The van der Waals surface area contributed by atoms with E-state index in [-0.39, 0.29) is 12.3 Å². The number of nitrogens with one attached hydrogen (secondary N) is 2. The molecule has 2 N–H and O–H groups in total. The predicted molar refractivity (Wildman–Crippen MR) is 142 cm³/mol. The van der Waals surface area contributed by atoms with Crippen molar-refractivity contribution in [3.63, 3.8) is 0 Å². The Labute approximate surface area is 215 Å². The first kappa shape index (κ1) is 25.3. The van der Waals surface area contributed by atoms with Crippen LogP contribution in [-0.2, 0) is 9.47 Å². The first-order chi connectivity index (χ1) is 17.6. The number of aromatic nitrogens is 3. The fourth-order valence-corrected chi connectivity index (χ4v) is 3.79. The van der Waals surface area contributed by atoms with Gasteiger partial charge in [0.15, 0.2) is 28.2 Å². The number of thiocarbonyl (C=S) groups is 1. The number of anilines is 3. The van der Waals surface area contributed by atoms with Crippen LogP contribution in [0.1, 0.15) is 24.3 Å². The Bertz CT molecular complexity index is 1190. The Kier molecular flexibility index (Phi) is 8.58. The Hall–Kier alpha value is -3.83. The van der Waals surface area contributed by atoms with Gasteiger partial charge in [-0.1, -0.05) is 18.2 Å². The van der Waals surface area contributed by atoms with Gasteiger partial charge in [-0.3, -0.25) is 0 Å². The number of para-hydroxylation sites is 1. The van der Waals surface area contributed by atoms with Crippen LogP contribution >= 0.6 is 12.2 Å². The van der Waals surface area contributed by atoms with Gasteiger partial charge in [-0.25, -0.2) is 19.7 Å². The summed E-state index contributed by atoms with van der Waals surface area (Å²) in [4.78, 5) is 28.6. The van der Waals surface area contributed by atoms with E-state index < -0.39 is 5.97 Å². The molecule has 4 rings (SSSR count). The lowest BCUT2D eigenvalue weighted by Gasteiger charge is -2.29. The molecule has 0 aliphatic carbocycles. The first-order valence-electron chi connectivity index (χ1n) is 11.7. The quantitative estimate of drug-likeness (QED) is 0.343. The summed E-state index contributed by atoms with van der Waals surface area (Å²) in [5.41, 5.74) is 1.59. The van der Waals surface area contributed by atoms with E-state index in [0.29, 0.717) is 66.8 Å². The molecule has 1 aliphatic rings. The van der Waals surface area contributed by atoms with Crippen molar-refractivity contribution in [3.8, 4) is 17.1 Å². The van der Waals surface area contributed by atoms with Crippen LogP contribution < -0.4 is 20.3 Å². The lowest BCUT2D eigenvalue weighted by molar-refractivity contribution is 0.0514. The van der Waals surface area contributed by atoms with Crippen LogP contribution in [-0.4, -0.2) is 65.6 Å². The molecule has 0 unspecified atom stereocenters. The average molecular weight is 509 g/mol. The molecule has 0 saturated carbocycles. The minimum Gasteiger partial charge on any atom is -0.488 e. The number of morpholine rings is 1. The highest BCUT2D eigenvalue weighted by atomic mass is 32.1. The third kappa shape index (κ3) is 6.23. The Balaban J connectivity index is 1.62. The van der Waals surface area contributed by atoms with Gasteiger partial charge < -0.3 is 29.7 Å². The molecule has 11 heteroatoms. The van der Waals surface area contributed by atoms with E-state index in [0.717, 1.165) is 5.69 Å². The molecular weight excluding hydrogens is 480 g/mol. The number of rotatable bonds is 8. The highest BCUT2D eigenvalue weighted by Crippen LogP contribution is 2.33. The Morgan fingerprint density at radius 1 is 1.06 bits per heavy atom. The molecule has 1 aliphatic heterocycles. The fraction of sp³-hybridized carbons (Fsp3) is 0.320. The maximum absolute atomic E-state index is 12.8. The zero-order valence-electron chi connectivity index (χ0n) is 20.2. The minimum atomic E-state index is -0.567. The number of pyridine rings is 1. The number of hydrogen-bond acceptors (Lipinski definition) is 9. The fourth-order valence-electron chi connectivity index (χ4n) is 3.57. The number of benzene rings is 1. The van der Waals surface area contributed by atoms with Crippen molar-refractivity contribution in [2.45, 2.75) is 13.8 Å². The number of carbonyl (C=O) groups excluding carboxylic acids is 1. The maximum Gasteiger partial charge on any atom is 0.361 e. The summed E-state index contributed by atoms with van der Waals surface area (Å²) in [6.07, 6.45) is 1.63. The van der Waals surface area contributed by atoms with Gasteiger partial charge in [0.1, 0.15) is 5.82 Å². The third-order valence-electron chi connectivity index (χ3n) is 5.21. The van der Waals surface area contributed by atoms with Gasteiger partial charge in [0.2, 0.25) is 0 Å². The van der Waals surface area contributed by atoms with E-state index >= 15 is 0 Å². The van der Waals surface area contributed by atoms with Crippen molar-refractivity contribution >= 4 is 40.6 Å². The van der Waals surface area contributed by atoms with Crippen LogP contribution in [0.5, 0.6) is 5.75 Å². The monoisotopic (exact) mass is 508 g/mol. The molecule has 1 saturated heterocycles. The second-order valence-corrected chi connectivity index (χ2v) is 8.09. The molecule has 2 aromatic heterocycles. The van der Waals surface area contributed by atoms with E-state index in [9.17, 15) is 4.79 Å². The van der Waals surface area contributed by atoms with E-state index in [4.69, 9.17) is 31.4 Å². The first-order valence-corrected chi connectivity index (χ1v) is 12.1. The lowest BCUT2D eigenvalue weighted by Crippen LogP contribution is -2.37. The molecule has 1 fully saturated rings. The Morgan fingerprint density at radius 2 is 1.83 bits per heavy atom. The van der Waals surface area contributed by atoms with Gasteiger partial charge in [0.05, 0.1) is 26.4 Å². The third-order valence-corrected chi connectivity index (χ3v) is 5.41. The minimum absolute atomic E-state index is 0.0839. The van der Waals surface area contributed by atoms with Crippen molar-refractivity contribution in [2.75, 3.05) is 55.1 Å². The van der Waals surface area contributed by atoms with Crippen molar-refractivity contribution in [1.82, 2.24) is 15.0 Å². The summed E-state index contributed by atoms with van der Waals surface area (Å²) in [5.74, 6) is 1.17. The molecule has 1 aromatic carbocycles. The summed E-state index contributed by atoms with van der Waals surface area (Å²) in [5, 5.41) is 6.58. The van der Waals surface area contributed by atoms with Gasteiger partial charge >= 0.3 is 5.97 Å². The normalized spacial score (nSPS) is 13.1. The van der Waals surface area contributed by atoms with Crippen molar-refractivity contribution in [3.05, 3.63) is 54.4 Å². The van der Waals surface area contributed by atoms with Gasteiger partial charge in [0.25, 0.3) is 0 Å². The number of esters is 1. The second-order valence-electron chi connectivity index (χ2n) is 7.68. The van der Waals surface area contributed by atoms with E-state index in [1.54, 1.807) is 19.2 Å². The zero-order valence-corrected chi connectivity index (χ0v) is 21.0. The van der Waals surface area contributed by atoms with Crippen LogP contribution in [0.4, 0.5) is 17.3 Å². The van der Waals surface area contributed by atoms with E-state index in [2.05, 4.69) is 20.6 Å². The molecule has 3 aromatic rings. The van der Waals surface area contributed by atoms with E-state index in [1.807, 2.05) is 48.2 Å². The van der Waals surface area contributed by atoms with Crippen molar-refractivity contribution in [2.24, 2.45) is 0 Å². The molecule has 3 heterocycles. The number of ether oxygens (including phenoxy) is 3. The number of carbonyl (C=O) groups is 1. The zero-order chi connectivity index (χ0) is 25.3. The van der Waals surface area contributed by atoms with E-state index in [1.165, 1.54) is 0 Å². The van der Waals surface area contributed by atoms with Crippen molar-refractivity contribution in [1.29, 1.82) is 0 Å². The molecule has 0 spiro atoms. The molecule has 0 atom stereocenters. The van der Waals surface area contributed by atoms with Crippen LogP contribution in [0.3, 0.4) is 0 Å². The summed E-state index contributed by atoms with van der Waals surface area (Å²) in [7, 11) is 0. The smallest absolute Gasteiger partial charge is 0.361 e. The maximum atomic E-state index is 12.8. The average Bonchev–Trinajstić information content (AvgIpc) is 2.90. The highest BCUT2D eigenvalue weighted by molar-refractivity contribution is 7.80. The second kappa shape index (κ2) is 12.2. The number of hydrogen-bond donors (Lipinski definition) is 2. The summed E-state index contributed by atoms with van der Waals surface area (Å²) < 4.78 is 16.6. The molecule has 0 radical (unpaired) electrons. The van der Waals surface area contributed by atoms with Crippen molar-refractivity contribution < 1.29 is 19.0 Å². The Morgan fingerprint density at radius 3 is 2.50 bits per heavy atom. The molecule has 0 bridgehead atoms. The molecule has 188 valence electrons. The summed E-state index contributed by atoms with van der Waals surface area (Å²) in [6, 6.07) is 13.2. The summed E-state index contributed by atoms with van der Waals surface area (Å²) in [6.45, 7) is 6.50. The standard InChI is InChI=1S/C25H28N6O4S/c1-3-34-21-20(24(32)35-4-2)29-22(30-23(21)31-12-14-33-15-13-31)17-10-11-19(26-16-17)28-25(36)27-18-8-6-5-7-9-18/h5-11,16H,3-4,12-15H2,1-2H3,(H2,26,27,28,36). The molecule has 36 heavy (non-hydrogen) atoms. The van der Waals surface area contributed by atoms with Crippen LogP contribution in [0.25, 0.3) is 11.4 Å². The number of nitrogens with zero attached hydrogens (tertiary/aromatic N) is 4. The lowest BCUT2D eigenvalue weighted by atomic mass is 10.2. The van der Waals surface area contributed by atoms with Gasteiger partial charge in [0, 0.05) is 30.5 Å². The molecular formula is C25H28N6O4S. The topological polar surface area (TPSA) is 111 Å². The van der Waals surface area contributed by atoms with Gasteiger partial charge in [-0.05, 0) is 50.3 Å². The molecule has 0 amide bonds. The SMILES string of the molecule is CCOC(=O)c1nc(-c2ccc(NC(=S)Nc3ccccc3)nc2)nc(N2CCOCC2)c1OCC. The van der Waals surface area contributed by atoms with Gasteiger partial charge in [-0.15, -0.1) is 0 Å².